The largest absolute Gasteiger partial charge is 0.374 e. The van der Waals surface area contributed by atoms with E-state index in [0.717, 1.165) is 18.1 Å². The summed E-state index contributed by atoms with van der Waals surface area (Å²) >= 11 is 0. The highest BCUT2D eigenvalue weighted by Gasteiger charge is 2.10. The van der Waals surface area contributed by atoms with Gasteiger partial charge in [0.2, 0.25) is 0 Å². The third kappa shape index (κ3) is 5.74. The van der Waals surface area contributed by atoms with Crippen LogP contribution in [0.1, 0.15) is 46.4 Å². The number of anilines is 2. The van der Waals surface area contributed by atoms with Crippen molar-refractivity contribution in [3.63, 3.8) is 0 Å². The molecule has 20 heavy (non-hydrogen) atoms. The molecule has 0 aliphatic rings. The molecule has 2 unspecified atom stereocenters. The number of aromatic nitrogens is 2. The number of hydrogen-bond acceptors (Lipinski definition) is 5. The summed E-state index contributed by atoms with van der Waals surface area (Å²) in [5.74, 6) is 3.09. The van der Waals surface area contributed by atoms with E-state index in [-0.39, 0.29) is 0 Å². The molecule has 2 N–H and O–H groups in total. The molecule has 1 aromatic heterocycles. The Morgan fingerprint density at radius 2 is 1.90 bits per heavy atom. The molecule has 0 saturated heterocycles. The van der Waals surface area contributed by atoms with Crippen LogP contribution in [0.4, 0.5) is 11.6 Å². The molecule has 0 radical (unpaired) electrons. The maximum absolute atomic E-state index is 5.38. The summed E-state index contributed by atoms with van der Waals surface area (Å²) in [7, 11) is 1.86. The van der Waals surface area contributed by atoms with Crippen molar-refractivity contribution in [1.82, 2.24) is 9.97 Å². The summed E-state index contributed by atoms with van der Waals surface area (Å²) in [6.45, 7) is 9.77. The molecule has 0 aliphatic heterocycles. The third-order valence-corrected chi connectivity index (χ3v) is 3.31. The minimum Gasteiger partial charge on any atom is -0.374 e. The first-order chi connectivity index (χ1) is 9.58. The van der Waals surface area contributed by atoms with Crippen molar-refractivity contribution in [2.75, 3.05) is 24.3 Å². The molecule has 0 aliphatic carbocycles. The van der Waals surface area contributed by atoms with Gasteiger partial charge in [0.05, 0.1) is 0 Å². The van der Waals surface area contributed by atoms with Gasteiger partial charge in [-0.05, 0) is 26.2 Å². The van der Waals surface area contributed by atoms with Gasteiger partial charge in [0.1, 0.15) is 18.2 Å². The van der Waals surface area contributed by atoms with E-state index in [9.17, 15) is 0 Å². The first-order valence-corrected chi connectivity index (χ1v) is 7.49. The van der Waals surface area contributed by atoms with Crippen LogP contribution < -0.4 is 10.6 Å². The average Bonchev–Trinajstić information content (AvgIpc) is 2.44. The maximum Gasteiger partial charge on any atom is 0.158 e. The Balaban J connectivity index is 2.72. The van der Waals surface area contributed by atoms with Crippen molar-refractivity contribution >= 4 is 11.6 Å². The Kier molecular flexibility index (Phi) is 7.30. The van der Waals surface area contributed by atoms with Gasteiger partial charge in [0.25, 0.3) is 0 Å². The zero-order valence-corrected chi connectivity index (χ0v) is 13.4. The van der Waals surface area contributed by atoms with Gasteiger partial charge in [-0.1, -0.05) is 20.3 Å². The van der Waals surface area contributed by atoms with E-state index >= 15 is 0 Å². The summed E-state index contributed by atoms with van der Waals surface area (Å²) in [5.41, 5.74) is 0. The maximum atomic E-state index is 5.38. The monoisotopic (exact) mass is 280 g/mol. The number of rotatable bonds is 9. The van der Waals surface area contributed by atoms with E-state index in [1.165, 1.54) is 6.42 Å². The minimum atomic E-state index is 0.393. The standard InChI is InChI=1S/C15H28N4O/c1-6-11(3)8-12(4)17-14-9-13(16-5)18-15(19-14)10-20-7-2/h9,11-12H,6-8,10H2,1-5H3,(H2,16,17,18,19). The van der Waals surface area contributed by atoms with Crippen LogP contribution in [0.5, 0.6) is 0 Å². The fourth-order valence-electron chi connectivity index (χ4n) is 2.04. The van der Waals surface area contributed by atoms with Crippen molar-refractivity contribution in [3.8, 4) is 0 Å². The molecule has 0 spiro atoms. The highest BCUT2D eigenvalue weighted by Crippen LogP contribution is 2.16. The zero-order valence-electron chi connectivity index (χ0n) is 13.4. The second-order valence-electron chi connectivity index (χ2n) is 5.24. The van der Waals surface area contributed by atoms with Gasteiger partial charge < -0.3 is 15.4 Å². The highest BCUT2D eigenvalue weighted by molar-refractivity contribution is 5.47. The van der Waals surface area contributed by atoms with Crippen LogP contribution in [-0.2, 0) is 11.3 Å². The van der Waals surface area contributed by atoms with E-state index < -0.39 is 0 Å². The molecule has 0 bridgehead atoms. The van der Waals surface area contributed by atoms with E-state index in [0.29, 0.717) is 31.0 Å². The quantitative estimate of drug-likeness (QED) is 0.727. The summed E-state index contributed by atoms with van der Waals surface area (Å²) < 4.78 is 5.38. The van der Waals surface area contributed by atoms with Gasteiger partial charge >= 0.3 is 0 Å². The molecule has 0 fully saturated rings. The predicted octanol–water partition coefficient (Wildman–Crippen LogP) is 3.29. The van der Waals surface area contributed by atoms with Crippen molar-refractivity contribution in [3.05, 3.63) is 11.9 Å². The molecule has 0 amide bonds. The SMILES string of the molecule is CCOCc1nc(NC)cc(NC(C)CC(C)CC)n1. The Morgan fingerprint density at radius 3 is 2.50 bits per heavy atom. The second kappa shape index (κ2) is 8.74. The third-order valence-electron chi connectivity index (χ3n) is 3.31. The van der Waals surface area contributed by atoms with Gasteiger partial charge in [-0.15, -0.1) is 0 Å². The van der Waals surface area contributed by atoms with Gasteiger partial charge in [-0.25, -0.2) is 9.97 Å². The van der Waals surface area contributed by atoms with Crippen molar-refractivity contribution in [2.24, 2.45) is 5.92 Å². The van der Waals surface area contributed by atoms with Gasteiger partial charge in [-0.2, -0.15) is 0 Å². The van der Waals surface area contributed by atoms with Crippen LogP contribution in [0.15, 0.2) is 6.07 Å². The number of hydrogen-bond donors (Lipinski definition) is 2. The molecule has 2 atom stereocenters. The van der Waals surface area contributed by atoms with Crippen LogP contribution in [0.3, 0.4) is 0 Å². The lowest BCUT2D eigenvalue weighted by atomic mass is 10.0. The van der Waals surface area contributed by atoms with E-state index in [1.807, 2.05) is 20.0 Å². The molecule has 1 heterocycles. The van der Waals surface area contributed by atoms with Crippen molar-refractivity contribution in [2.45, 2.75) is 53.2 Å². The van der Waals surface area contributed by atoms with E-state index in [2.05, 4.69) is 41.4 Å². The number of ether oxygens (including phenoxy) is 1. The lowest BCUT2D eigenvalue weighted by Gasteiger charge is -2.18. The molecule has 5 heteroatoms. The minimum absolute atomic E-state index is 0.393. The molecule has 1 rings (SSSR count). The molecule has 5 nitrogen and oxygen atoms in total. The second-order valence-corrected chi connectivity index (χ2v) is 5.24. The molecule has 0 saturated carbocycles. The Hall–Kier alpha value is -1.36. The van der Waals surface area contributed by atoms with Crippen molar-refractivity contribution < 1.29 is 4.74 Å². The first kappa shape index (κ1) is 16.7. The summed E-state index contributed by atoms with van der Waals surface area (Å²) in [6.07, 6.45) is 2.34. The highest BCUT2D eigenvalue weighted by atomic mass is 16.5. The van der Waals surface area contributed by atoms with Crippen LogP contribution in [-0.4, -0.2) is 29.7 Å². The smallest absolute Gasteiger partial charge is 0.158 e. The number of nitrogens with zero attached hydrogens (tertiary/aromatic N) is 2. The average molecular weight is 280 g/mol. The van der Waals surface area contributed by atoms with Crippen LogP contribution in [0.25, 0.3) is 0 Å². The van der Waals surface area contributed by atoms with Crippen molar-refractivity contribution in [1.29, 1.82) is 0 Å². The number of nitrogens with one attached hydrogen (secondary N) is 2. The molecular weight excluding hydrogens is 252 g/mol. The molecule has 0 aromatic carbocycles. The van der Waals surface area contributed by atoms with Gasteiger partial charge in [0, 0.05) is 25.8 Å². The van der Waals surface area contributed by atoms with Gasteiger partial charge in [-0.3, -0.25) is 0 Å². The molecule has 1 aromatic rings. The summed E-state index contributed by atoms with van der Waals surface area (Å²) in [4.78, 5) is 8.89. The Bertz CT molecular complexity index is 397. The first-order valence-electron chi connectivity index (χ1n) is 7.49. The van der Waals surface area contributed by atoms with E-state index in [4.69, 9.17) is 4.74 Å². The van der Waals surface area contributed by atoms with Crippen LogP contribution in [0.2, 0.25) is 0 Å². The fraction of sp³-hybridized carbons (Fsp3) is 0.733. The summed E-state index contributed by atoms with van der Waals surface area (Å²) in [5, 5.41) is 6.51. The Morgan fingerprint density at radius 1 is 1.20 bits per heavy atom. The predicted molar refractivity (Wildman–Crippen MR) is 84.1 cm³/mol. The molecular formula is C15H28N4O. The summed E-state index contributed by atoms with van der Waals surface area (Å²) in [6, 6.07) is 2.33. The zero-order chi connectivity index (χ0) is 15.0. The van der Waals surface area contributed by atoms with Gasteiger partial charge in [0.15, 0.2) is 5.82 Å². The lowest BCUT2D eigenvalue weighted by Crippen LogP contribution is -2.19. The topological polar surface area (TPSA) is 59.1 Å². The lowest BCUT2D eigenvalue weighted by molar-refractivity contribution is 0.128. The normalized spacial score (nSPS) is 13.8. The van der Waals surface area contributed by atoms with Crippen LogP contribution >= 0.6 is 0 Å². The fourth-order valence-corrected chi connectivity index (χ4v) is 2.04. The van der Waals surface area contributed by atoms with Crippen LogP contribution in [0, 0.1) is 5.92 Å². The molecule has 114 valence electrons. The Labute approximate surface area is 122 Å². The van der Waals surface area contributed by atoms with E-state index in [1.54, 1.807) is 0 Å².